The Hall–Kier alpha value is -0.640. The van der Waals surface area contributed by atoms with E-state index in [1.165, 1.54) is 19.3 Å². The predicted octanol–water partition coefficient (Wildman–Crippen LogP) is 2.86. The van der Waals surface area contributed by atoms with Gasteiger partial charge in [0.05, 0.1) is 0 Å². The van der Waals surface area contributed by atoms with Gasteiger partial charge in [0.2, 0.25) is 0 Å². The Morgan fingerprint density at radius 3 is 2.86 bits per heavy atom. The normalized spacial score (nSPS) is 19.3. The SMILES string of the molecule is CCc1n[nH]c(=S)n1C(C)C1CCC1. The van der Waals surface area contributed by atoms with Crippen molar-refractivity contribution >= 4 is 12.2 Å². The predicted molar refractivity (Wildman–Crippen MR) is 58.8 cm³/mol. The number of aryl methyl sites for hydroxylation is 1. The second-order valence-electron chi connectivity index (χ2n) is 4.10. The van der Waals surface area contributed by atoms with E-state index in [0.717, 1.165) is 22.9 Å². The molecule has 1 heterocycles. The molecule has 2 rings (SSSR count). The topological polar surface area (TPSA) is 33.6 Å². The van der Waals surface area contributed by atoms with Crippen molar-refractivity contribution in [2.24, 2.45) is 5.92 Å². The van der Waals surface area contributed by atoms with Crippen LogP contribution in [0, 0.1) is 10.7 Å². The Morgan fingerprint density at radius 2 is 2.36 bits per heavy atom. The third-order valence-electron chi connectivity index (χ3n) is 3.33. The molecule has 1 aromatic rings. The van der Waals surface area contributed by atoms with E-state index in [4.69, 9.17) is 12.2 Å². The van der Waals surface area contributed by atoms with E-state index in [9.17, 15) is 0 Å². The highest BCUT2D eigenvalue weighted by atomic mass is 32.1. The van der Waals surface area contributed by atoms with Crippen LogP contribution < -0.4 is 0 Å². The molecule has 1 aromatic heterocycles. The summed E-state index contributed by atoms with van der Waals surface area (Å²) in [4.78, 5) is 0. The lowest BCUT2D eigenvalue weighted by Crippen LogP contribution is -2.24. The van der Waals surface area contributed by atoms with E-state index in [0.29, 0.717) is 6.04 Å². The molecule has 0 spiro atoms. The quantitative estimate of drug-likeness (QED) is 0.780. The minimum atomic E-state index is 0.518. The van der Waals surface area contributed by atoms with E-state index in [1.54, 1.807) is 0 Å². The van der Waals surface area contributed by atoms with E-state index in [-0.39, 0.29) is 0 Å². The van der Waals surface area contributed by atoms with Gasteiger partial charge in [0.25, 0.3) is 0 Å². The molecule has 1 saturated carbocycles. The fourth-order valence-electron chi connectivity index (χ4n) is 2.14. The number of H-pyrrole nitrogens is 1. The molecule has 14 heavy (non-hydrogen) atoms. The molecule has 4 heteroatoms. The molecule has 78 valence electrons. The molecule has 3 nitrogen and oxygen atoms in total. The van der Waals surface area contributed by atoms with Crippen molar-refractivity contribution in [3.8, 4) is 0 Å². The first-order valence-corrected chi connectivity index (χ1v) is 5.80. The molecule has 1 atom stereocenters. The lowest BCUT2D eigenvalue weighted by molar-refractivity contribution is 0.218. The van der Waals surface area contributed by atoms with Crippen molar-refractivity contribution in [1.29, 1.82) is 0 Å². The number of aromatic nitrogens is 3. The van der Waals surface area contributed by atoms with Crippen molar-refractivity contribution in [3.05, 3.63) is 10.6 Å². The third-order valence-corrected chi connectivity index (χ3v) is 3.62. The van der Waals surface area contributed by atoms with Gasteiger partial charge in [-0.05, 0) is 37.9 Å². The molecule has 0 saturated heterocycles. The van der Waals surface area contributed by atoms with Crippen LogP contribution in [-0.2, 0) is 6.42 Å². The second-order valence-corrected chi connectivity index (χ2v) is 4.49. The average Bonchev–Trinajstić information content (AvgIpc) is 2.43. The van der Waals surface area contributed by atoms with Gasteiger partial charge in [-0.2, -0.15) is 5.10 Å². The van der Waals surface area contributed by atoms with Gasteiger partial charge < -0.3 is 4.57 Å². The molecule has 0 radical (unpaired) electrons. The molecule has 0 amide bonds. The van der Waals surface area contributed by atoms with Gasteiger partial charge in [-0.1, -0.05) is 13.3 Å². The first-order valence-electron chi connectivity index (χ1n) is 5.39. The summed E-state index contributed by atoms with van der Waals surface area (Å²) >= 11 is 5.25. The van der Waals surface area contributed by atoms with Crippen LogP contribution in [0.15, 0.2) is 0 Å². The maximum absolute atomic E-state index is 5.25. The maximum atomic E-state index is 5.25. The fourth-order valence-corrected chi connectivity index (χ4v) is 2.46. The molecule has 1 fully saturated rings. The summed E-state index contributed by atoms with van der Waals surface area (Å²) in [5.74, 6) is 1.90. The van der Waals surface area contributed by atoms with Crippen molar-refractivity contribution in [2.75, 3.05) is 0 Å². The lowest BCUT2D eigenvalue weighted by atomic mass is 9.80. The lowest BCUT2D eigenvalue weighted by Gasteiger charge is -2.32. The number of hydrogen-bond acceptors (Lipinski definition) is 2. The van der Waals surface area contributed by atoms with E-state index in [2.05, 4.69) is 28.6 Å². The highest BCUT2D eigenvalue weighted by Crippen LogP contribution is 2.36. The zero-order valence-electron chi connectivity index (χ0n) is 8.79. The van der Waals surface area contributed by atoms with Crippen LogP contribution in [0.2, 0.25) is 0 Å². The number of aromatic amines is 1. The molecule has 0 aromatic carbocycles. The van der Waals surface area contributed by atoms with Crippen molar-refractivity contribution < 1.29 is 0 Å². The van der Waals surface area contributed by atoms with Gasteiger partial charge in [-0.25, -0.2) is 0 Å². The van der Waals surface area contributed by atoms with Crippen molar-refractivity contribution in [3.63, 3.8) is 0 Å². The van der Waals surface area contributed by atoms with Crippen LogP contribution in [0.25, 0.3) is 0 Å². The number of nitrogens with one attached hydrogen (secondary N) is 1. The summed E-state index contributed by atoms with van der Waals surface area (Å²) in [5, 5.41) is 7.13. The van der Waals surface area contributed by atoms with Crippen LogP contribution in [0.4, 0.5) is 0 Å². The van der Waals surface area contributed by atoms with Crippen LogP contribution >= 0.6 is 12.2 Å². The Labute approximate surface area is 89.5 Å². The van der Waals surface area contributed by atoms with E-state index < -0.39 is 0 Å². The third kappa shape index (κ3) is 1.52. The van der Waals surface area contributed by atoms with Crippen molar-refractivity contribution in [2.45, 2.75) is 45.6 Å². The number of rotatable bonds is 3. The highest BCUT2D eigenvalue weighted by Gasteiger charge is 2.26. The average molecular weight is 211 g/mol. The van der Waals surface area contributed by atoms with Crippen molar-refractivity contribution in [1.82, 2.24) is 14.8 Å². The molecular formula is C10H17N3S. The Morgan fingerprint density at radius 1 is 1.64 bits per heavy atom. The summed E-state index contributed by atoms with van der Waals surface area (Å²) in [7, 11) is 0. The monoisotopic (exact) mass is 211 g/mol. The van der Waals surface area contributed by atoms with Gasteiger partial charge in [0.15, 0.2) is 4.77 Å². The van der Waals surface area contributed by atoms with Crippen LogP contribution in [0.1, 0.15) is 45.0 Å². The van der Waals surface area contributed by atoms with Gasteiger partial charge in [-0.15, -0.1) is 0 Å². The summed E-state index contributed by atoms with van der Waals surface area (Å²) in [6.45, 7) is 4.38. The summed E-state index contributed by atoms with van der Waals surface area (Å²) in [5.41, 5.74) is 0. The molecule has 0 bridgehead atoms. The molecule has 1 N–H and O–H groups in total. The van der Waals surface area contributed by atoms with E-state index >= 15 is 0 Å². The van der Waals surface area contributed by atoms with Gasteiger partial charge >= 0.3 is 0 Å². The van der Waals surface area contributed by atoms with E-state index in [1.807, 2.05) is 0 Å². The molecule has 1 unspecified atom stereocenters. The summed E-state index contributed by atoms with van der Waals surface area (Å²) in [6, 6.07) is 0.518. The Bertz CT molecular complexity index is 362. The zero-order valence-corrected chi connectivity index (χ0v) is 9.60. The molecule has 1 aliphatic rings. The Balaban J connectivity index is 2.28. The number of nitrogens with zero attached hydrogens (tertiary/aromatic N) is 2. The largest absolute Gasteiger partial charge is 0.301 e. The molecular weight excluding hydrogens is 194 g/mol. The summed E-state index contributed by atoms with van der Waals surface area (Å²) in [6.07, 6.45) is 5.01. The van der Waals surface area contributed by atoms with Crippen LogP contribution in [0.5, 0.6) is 0 Å². The van der Waals surface area contributed by atoms with Crippen LogP contribution in [-0.4, -0.2) is 14.8 Å². The fraction of sp³-hybridized carbons (Fsp3) is 0.800. The Kier molecular flexibility index (Phi) is 2.72. The minimum Gasteiger partial charge on any atom is -0.301 e. The zero-order chi connectivity index (χ0) is 10.1. The standard InChI is InChI=1S/C10H17N3S/c1-3-9-11-12-10(14)13(9)7(2)8-5-4-6-8/h7-8H,3-6H2,1-2H3,(H,12,14). The van der Waals surface area contributed by atoms with Crippen LogP contribution in [0.3, 0.4) is 0 Å². The number of hydrogen-bond donors (Lipinski definition) is 1. The summed E-state index contributed by atoms with van der Waals surface area (Å²) < 4.78 is 2.97. The van der Waals surface area contributed by atoms with Gasteiger partial charge in [0.1, 0.15) is 5.82 Å². The first kappa shape index (κ1) is 9.90. The molecule has 0 aliphatic heterocycles. The molecule has 1 aliphatic carbocycles. The minimum absolute atomic E-state index is 0.518. The van der Waals surface area contributed by atoms with Gasteiger partial charge in [0, 0.05) is 12.5 Å². The maximum Gasteiger partial charge on any atom is 0.195 e. The second kappa shape index (κ2) is 3.85. The highest BCUT2D eigenvalue weighted by molar-refractivity contribution is 7.71. The smallest absolute Gasteiger partial charge is 0.195 e. The first-order chi connectivity index (χ1) is 6.74. The van der Waals surface area contributed by atoms with Gasteiger partial charge in [-0.3, -0.25) is 5.10 Å².